The van der Waals surface area contributed by atoms with E-state index in [4.69, 9.17) is 10.5 Å². The van der Waals surface area contributed by atoms with E-state index in [2.05, 4.69) is 31.2 Å². The van der Waals surface area contributed by atoms with Crippen LogP contribution >= 0.6 is 0 Å². The van der Waals surface area contributed by atoms with Gasteiger partial charge >= 0.3 is 0 Å². The highest BCUT2D eigenvalue weighted by atomic mass is 16.5. The third-order valence-electron chi connectivity index (χ3n) is 3.62. The number of hydrogen-bond acceptors (Lipinski definition) is 3. The maximum atomic E-state index is 12.0. The van der Waals surface area contributed by atoms with Crippen LogP contribution in [0.5, 0.6) is 0 Å². The van der Waals surface area contributed by atoms with Crippen molar-refractivity contribution in [1.82, 2.24) is 4.57 Å². The topological polar surface area (TPSA) is 57.2 Å². The van der Waals surface area contributed by atoms with E-state index in [0.717, 1.165) is 17.5 Å². The van der Waals surface area contributed by atoms with Gasteiger partial charge in [-0.3, -0.25) is 4.79 Å². The molecule has 1 heterocycles. The van der Waals surface area contributed by atoms with Crippen LogP contribution in [0.1, 0.15) is 23.6 Å². The summed E-state index contributed by atoms with van der Waals surface area (Å²) in [5.41, 5.74) is 8.68. The number of aryl methyl sites for hydroxylation is 1. The molecule has 2 rings (SSSR count). The molecule has 0 fully saturated rings. The van der Waals surface area contributed by atoms with Crippen LogP contribution in [0, 0.1) is 0 Å². The van der Waals surface area contributed by atoms with E-state index in [9.17, 15) is 4.79 Å². The van der Waals surface area contributed by atoms with Crippen LogP contribution in [0.2, 0.25) is 0 Å². The fourth-order valence-electron chi connectivity index (χ4n) is 2.22. The summed E-state index contributed by atoms with van der Waals surface area (Å²) in [6.45, 7) is 4.20. The number of ether oxygens (including phenoxy) is 1. The van der Waals surface area contributed by atoms with Gasteiger partial charge in [-0.1, -0.05) is 43.3 Å². The first-order valence-corrected chi connectivity index (χ1v) is 7.98. The van der Waals surface area contributed by atoms with E-state index in [1.54, 1.807) is 16.8 Å². The number of pyridine rings is 1. The van der Waals surface area contributed by atoms with Gasteiger partial charge in [-0.05, 0) is 29.2 Å². The quantitative estimate of drug-likeness (QED) is 0.762. The maximum absolute atomic E-state index is 12.0. The second kappa shape index (κ2) is 9.08. The van der Waals surface area contributed by atoms with Crippen LogP contribution in [0.25, 0.3) is 12.2 Å². The molecule has 0 saturated carbocycles. The smallest absolute Gasteiger partial charge is 0.251 e. The van der Waals surface area contributed by atoms with E-state index < -0.39 is 0 Å². The first kappa shape index (κ1) is 17.2. The summed E-state index contributed by atoms with van der Waals surface area (Å²) in [5, 5.41) is 0. The van der Waals surface area contributed by atoms with Crippen LogP contribution in [-0.2, 0) is 17.7 Å². The predicted octanol–water partition coefficient (Wildman–Crippen LogP) is 2.56. The van der Waals surface area contributed by atoms with Crippen LogP contribution < -0.4 is 11.3 Å². The number of hydrogen-bond donors (Lipinski definition) is 1. The van der Waals surface area contributed by atoms with Crippen molar-refractivity contribution in [2.45, 2.75) is 19.9 Å². The highest BCUT2D eigenvalue weighted by Gasteiger charge is 1.97. The lowest BCUT2D eigenvalue weighted by Gasteiger charge is -2.06. The molecule has 0 aliphatic carbocycles. The molecule has 0 amide bonds. The van der Waals surface area contributed by atoms with Crippen LogP contribution in [0.15, 0.2) is 47.4 Å². The molecule has 0 spiro atoms. The Bertz CT molecular complexity index is 687. The average Bonchev–Trinajstić information content (AvgIpc) is 2.59. The summed E-state index contributed by atoms with van der Waals surface area (Å²) in [6, 6.07) is 12.0. The minimum atomic E-state index is -0.0233. The van der Waals surface area contributed by atoms with Crippen molar-refractivity contribution in [3.63, 3.8) is 0 Å². The molecule has 0 atom stereocenters. The Morgan fingerprint density at radius 1 is 1.09 bits per heavy atom. The molecule has 0 saturated heterocycles. The number of nitrogens with zero attached hydrogens (tertiary/aromatic N) is 1. The monoisotopic (exact) mass is 312 g/mol. The summed E-state index contributed by atoms with van der Waals surface area (Å²) < 4.78 is 6.94. The first-order valence-electron chi connectivity index (χ1n) is 7.98. The fourth-order valence-corrected chi connectivity index (χ4v) is 2.22. The molecule has 4 heteroatoms. The molecule has 2 N–H and O–H groups in total. The molecule has 1 aromatic carbocycles. The normalized spacial score (nSPS) is 11.2. The third kappa shape index (κ3) is 5.51. The molecule has 0 aliphatic rings. The SMILES string of the molecule is CCc1ccc(/C=C/c2ccn(CCOCCN)c(=O)c2)cc1. The molecule has 4 nitrogen and oxygen atoms in total. The van der Waals surface area contributed by atoms with Gasteiger partial charge < -0.3 is 15.0 Å². The molecule has 0 bridgehead atoms. The van der Waals surface area contributed by atoms with E-state index in [1.165, 1.54) is 5.56 Å². The zero-order valence-corrected chi connectivity index (χ0v) is 13.6. The summed E-state index contributed by atoms with van der Waals surface area (Å²) in [5.74, 6) is 0. The van der Waals surface area contributed by atoms with Gasteiger partial charge in [0.2, 0.25) is 0 Å². The van der Waals surface area contributed by atoms with Gasteiger partial charge in [-0.25, -0.2) is 0 Å². The van der Waals surface area contributed by atoms with Crippen LogP contribution in [-0.4, -0.2) is 24.3 Å². The predicted molar refractivity (Wildman–Crippen MR) is 95.3 cm³/mol. The molecule has 0 aliphatic heterocycles. The molecule has 2 aromatic rings. The zero-order valence-electron chi connectivity index (χ0n) is 13.6. The number of rotatable bonds is 8. The third-order valence-corrected chi connectivity index (χ3v) is 3.62. The van der Waals surface area contributed by atoms with Crippen molar-refractivity contribution in [1.29, 1.82) is 0 Å². The average molecular weight is 312 g/mol. The maximum Gasteiger partial charge on any atom is 0.251 e. The van der Waals surface area contributed by atoms with Crippen molar-refractivity contribution in [2.24, 2.45) is 5.73 Å². The van der Waals surface area contributed by atoms with Crippen LogP contribution in [0.4, 0.5) is 0 Å². The molecule has 0 radical (unpaired) electrons. The van der Waals surface area contributed by atoms with Crippen molar-refractivity contribution in [3.8, 4) is 0 Å². The zero-order chi connectivity index (χ0) is 16.5. The first-order chi connectivity index (χ1) is 11.2. The van der Waals surface area contributed by atoms with Crippen LogP contribution in [0.3, 0.4) is 0 Å². The Kier molecular flexibility index (Phi) is 6.78. The van der Waals surface area contributed by atoms with Crippen molar-refractivity contribution in [2.75, 3.05) is 19.8 Å². The second-order valence-electron chi connectivity index (χ2n) is 5.32. The lowest BCUT2D eigenvalue weighted by Crippen LogP contribution is -2.22. The Labute approximate surface area is 137 Å². The number of nitrogens with two attached hydrogens (primary N) is 1. The van der Waals surface area contributed by atoms with Gasteiger partial charge in [0.25, 0.3) is 5.56 Å². The molecule has 0 unspecified atom stereocenters. The van der Waals surface area contributed by atoms with E-state index in [-0.39, 0.29) is 5.56 Å². The fraction of sp³-hybridized carbons (Fsp3) is 0.316. The van der Waals surface area contributed by atoms with E-state index in [1.807, 2.05) is 18.2 Å². The Hall–Kier alpha value is -2.17. The standard InChI is InChI=1S/C19H24N2O2/c1-2-16-3-5-17(6-4-16)7-8-18-9-11-21(19(22)15-18)12-14-23-13-10-20/h3-9,11,15H,2,10,12-14,20H2,1H3/b8-7+. The largest absolute Gasteiger partial charge is 0.378 e. The van der Waals surface area contributed by atoms with Gasteiger partial charge in [-0.2, -0.15) is 0 Å². The Balaban J connectivity index is 1.99. The summed E-state index contributed by atoms with van der Waals surface area (Å²) in [6.07, 6.45) is 6.81. The molecular formula is C19H24N2O2. The van der Waals surface area contributed by atoms with Gasteiger partial charge in [0.1, 0.15) is 0 Å². The summed E-state index contributed by atoms with van der Waals surface area (Å²) in [7, 11) is 0. The second-order valence-corrected chi connectivity index (χ2v) is 5.32. The molecule has 23 heavy (non-hydrogen) atoms. The van der Waals surface area contributed by atoms with E-state index >= 15 is 0 Å². The highest BCUT2D eigenvalue weighted by molar-refractivity contribution is 5.69. The molecule has 122 valence electrons. The minimum absolute atomic E-state index is 0.0233. The van der Waals surface area contributed by atoms with Gasteiger partial charge in [-0.15, -0.1) is 0 Å². The van der Waals surface area contributed by atoms with Crippen molar-refractivity contribution in [3.05, 3.63) is 69.6 Å². The summed E-state index contributed by atoms with van der Waals surface area (Å²) in [4.78, 5) is 12.0. The molecule has 1 aromatic heterocycles. The number of aromatic nitrogens is 1. The van der Waals surface area contributed by atoms with Gasteiger partial charge in [0, 0.05) is 25.4 Å². The van der Waals surface area contributed by atoms with Crippen molar-refractivity contribution < 1.29 is 4.74 Å². The summed E-state index contributed by atoms with van der Waals surface area (Å²) >= 11 is 0. The van der Waals surface area contributed by atoms with Crippen molar-refractivity contribution >= 4 is 12.2 Å². The lowest BCUT2D eigenvalue weighted by atomic mass is 10.1. The Morgan fingerprint density at radius 2 is 1.83 bits per heavy atom. The molecular weight excluding hydrogens is 288 g/mol. The van der Waals surface area contributed by atoms with E-state index in [0.29, 0.717) is 26.3 Å². The number of benzene rings is 1. The highest BCUT2D eigenvalue weighted by Crippen LogP contribution is 2.09. The minimum Gasteiger partial charge on any atom is -0.378 e. The lowest BCUT2D eigenvalue weighted by molar-refractivity contribution is 0.132. The van der Waals surface area contributed by atoms with Gasteiger partial charge in [0.05, 0.1) is 13.2 Å². The van der Waals surface area contributed by atoms with Gasteiger partial charge in [0.15, 0.2) is 0 Å². The Morgan fingerprint density at radius 3 is 2.48 bits per heavy atom.